The third-order valence-corrected chi connectivity index (χ3v) is 6.31. The predicted octanol–water partition coefficient (Wildman–Crippen LogP) is 3.86. The van der Waals surface area contributed by atoms with Crippen molar-refractivity contribution in [1.82, 2.24) is 0 Å². The molecule has 0 aromatic heterocycles. The fourth-order valence-corrected chi connectivity index (χ4v) is 4.82. The van der Waals surface area contributed by atoms with E-state index in [1.165, 1.54) is 0 Å². The smallest absolute Gasteiger partial charge is 0.250 e. The second kappa shape index (κ2) is 6.63. The summed E-state index contributed by atoms with van der Waals surface area (Å²) in [4.78, 5) is 13.3. The minimum absolute atomic E-state index is 0.0513. The van der Waals surface area contributed by atoms with Crippen molar-refractivity contribution in [2.75, 3.05) is 7.11 Å². The predicted molar refractivity (Wildman–Crippen MR) is 91.8 cm³/mol. The second-order valence-electron chi connectivity index (χ2n) is 7.21. The molecule has 1 aromatic rings. The molecule has 0 bridgehead atoms. The van der Waals surface area contributed by atoms with E-state index in [2.05, 4.69) is 32.9 Å². The van der Waals surface area contributed by atoms with Crippen LogP contribution in [0.3, 0.4) is 0 Å². The third-order valence-electron chi connectivity index (χ3n) is 4.91. The highest BCUT2D eigenvalue weighted by Crippen LogP contribution is 2.48. The number of amides is 1. The van der Waals surface area contributed by atoms with E-state index in [9.17, 15) is 4.79 Å². The molecular weight excluding hydrogens is 294 g/mol. The van der Waals surface area contributed by atoms with Crippen LogP contribution in [0.5, 0.6) is 0 Å². The number of benzene rings is 1. The van der Waals surface area contributed by atoms with Crippen molar-refractivity contribution in [3.05, 3.63) is 30.3 Å². The summed E-state index contributed by atoms with van der Waals surface area (Å²) in [6.45, 7) is 6.81. The van der Waals surface area contributed by atoms with Crippen molar-refractivity contribution >= 4 is 17.7 Å². The van der Waals surface area contributed by atoms with Crippen LogP contribution in [0.1, 0.15) is 40.0 Å². The lowest BCUT2D eigenvalue weighted by Gasteiger charge is -2.46. The quantitative estimate of drug-likeness (QED) is 0.916. The van der Waals surface area contributed by atoms with Crippen LogP contribution < -0.4 is 5.73 Å². The van der Waals surface area contributed by atoms with Gasteiger partial charge in [-0.05, 0) is 42.7 Å². The summed E-state index contributed by atoms with van der Waals surface area (Å²) in [5, 5.41) is 0.0513. The van der Waals surface area contributed by atoms with Crippen LogP contribution in [0.25, 0.3) is 0 Å². The lowest BCUT2D eigenvalue weighted by Crippen LogP contribution is -2.57. The molecular formula is C18H27NO2S. The minimum Gasteiger partial charge on any atom is -0.367 e. The van der Waals surface area contributed by atoms with E-state index in [-0.39, 0.29) is 16.6 Å². The number of carbonyl (C=O) groups excluding carboxylic acids is 1. The monoisotopic (exact) mass is 321 g/mol. The molecule has 0 unspecified atom stereocenters. The molecule has 0 heterocycles. The maximum Gasteiger partial charge on any atom is 0.250 e. The minimum atomic E-state index is -0.859. The molecule has 2 N–H and O–H groups in total. The largest absolute Gasteiger partial charge is 0.367 e. The van der Waals surface area contributed by atoms with Gasteiger partial charge < -0.3 is 10.5 Å². The van der Waals surface area contributed by atoms with Crippen molar-refractivity contribution in [1.29, 1.82) is 0 Å². The summed E-state index contributed by atoms with van der Waals surface area (Å²) < 4.78 is 5.69. The molecule has 1 aromatic carbocycles. The van der Waals surface area contributed by atoms with Gasteiger partial charge in [0.15, 0.2) is 5.60 Å². The van der Waals surface area contributed by atoms with Crippen LogP contribution in [0, 0.1) is 11.3 Å². The zero-order valence-corrected chi connectivity index (χ0v) is 14.8. The summed E-state index contributed by atoms with van der Waals surface area (Å²) in [7, 11) is 1.61. The molecule has 1 saturated carbocycles. The average molecular weight is 321 g/mol. The summed E-state index contributed by atoms with van der Waals surface area (Å²) in [6.07, 6.45) is 2.62. The summed E-state index contributed by atoms with van der Waals surface area (Å²) in [5.41, 5.74) is 5.10. The number of methoxy groups -OCH3 is 1. The van der Waals surface area contributed by atoms with E-state index in [0.29, 0.717) is 12.3 Å². The Balaban J connectivity index is 2.29. The molecule has 4 heteroatoms. The first-order valence-electron chi connectivity index (χ1n) is 7.86. The highest BCUT2D eigenvalue weighted by molar-refractivity contribution is 8.00. The highest BCUT2D eigenvalue weighted by Gasteiger charge is 2.50. The Morgan fingerprint density at radius 2 is 1.95 bits per heavy atom. The van der Waals surface area contributed by atoms with E-state index in [4.69, 9.17) is 10.5 Å². The lowest BCUT2D eigenvalue weighted by atomic mass is 9.68. The third kappa shape index (κ3) is 3.49. The molecule has 0 saturated heterocycles. The number of carbonyl (C=O) groups is 1. The van der Waals surface area contributed by atoms with Crippen molar-refractivity contribution in [2.45, 2.75) is 55.8 Å². The van der Waals surface area contributed by atoms with Crippen molar-refractivity contribution in [3.63, 3.8) is 0 Å². The first-order chi connectivity index (χ1) is 10.3. The molecule has 1 aliphatic rings. The second-order valence-corrected chi connectivity index (χ2v) is 8.49. The fraction of sp³-hybridized carbons (Fsp3) is 0.611. The van der Waals surface area contributed by atoms with E-state index < -0.39 is 5.60 Å². The molecule has 2 rings (SSSR count). The zero-order chi connectivity index (χ0) is 16.4. The Morgan fingerprint density at radius 3 is 2.45 bits per heavy atom. The van der Waals surface area contributed by atoms with Gasteiger partial charge in [0.2, 0.25) is 0 Å². The van der Waals surface area contributed by atoms with Gasteiger partial charge in [-0.25, -0.2) is 0 Å². The summed E-state index contributed by atoms with van der Waals surface area (Å²) in [6, 6.07) is 10.2. The van der Waals surface area contributed by atoms with Crippen LogP contribution in [-0.2, 0) is 9.53 Å². The molecule has 1 aliphatic carbocycles. The normalized spacial score (nSPS) is 29.3. The van der Waals surface area contributed by atoms with Crippen molar-refractivity contribution < 1.29 is 9.53 Å². The first-order valence-corrected chi connectivity index (χ1v) is 8.74. The zero-order valence-electron chi connectivity index (χ0n) is 14.0. The Hall–Kier alpha value is -1.00. The lowest BCUT2D eigenvalue weighted by molar-refractivity contribution is -0.145. The summed E-state index contributed by atoms with van der Waals surface area (Å²) >= 11 is 1.72. The van der Waals surface area contributed by atoms with E-state index >= 15 is 0 Å². The molecule has 3 nitrogen and oxygen atoms in total. The topological polar surface area (TPSA) is 52.3 Å². The van der Waals surface area contributed by atoms with E-state index in [1.54, 1.807) is 18.9 Å². The van der Waals surface area contributed by atoms with Crippen LogP contribution in [-0.4, -0.2) is 23.9 Å². The average Bonchev–Trinajstić information content (AvgIpc) is 2.47. The number of hydrogen-bond acceptors (Lipinski definition) is 3. The van der Waals surface area contributed by atoms with Gasteiger partial charge in [0.1, 0.15) is 0 Å². The van der Waals surface area contributed by atoms with Gasteiger partial charge in [-0.15, -0.1) is 11.8 Å². The molecule has 1 amide bonds. The van der Waals surface area contributed by atoms with E-state index in [0.717, 1.165) is 17.7 Å². The Morgan fingerprint density at radius 1 is 1.32 bits per heavy atom. The van der Waals surface area contributed by atoms with Gasteiger partial charge in [0, 0.05) is 17.3 Å². The van der Waals surface area contributed by atoms with Gasteiger partial charge in [0.05, 0.1) is 0 Å². The number of primary amides is 1. The molecule has 22 heavy (non-hydrogen) atoms. The fourth-order valence-electron chi connectivity index (χ4n) is 3.33. The number of rotatable bonds is 4. The van der Waals surface area contributed by atoms with Gasteiger partial charge in [-0.1, -0.05) is 39.0 Å². The number of ether oxygens (including phenoxy) is 1. The Bertz CT molecular complexity index is 512. The van der Waals surface area contributed by atoms with Crippen LogP contribution >= 0.6 is 11.8 Å². The van der Waals surface area contributed by atoms with Crippen LogP contribution in [0.4, 0.5) is 0 Å². The molecule has 122 valence electrons. The van der Waals surface area contributed by atoms with Crippen molar-refractivity contribution in [2.24, 2.45) is 17.1 Å². The summed E-state index contributed by atoms with van der Waals surface area (Å²) in [5.74, 6) is 0.229. The number of thioether (sulfide) groups is 1. The van der Waals surface area contributed by atoms with Gasteiger partial charge in [-0.2, -0.15) is 0 Å². The Kier molecular flexibility index (Phi) is 5.23. The maximum absolute atomic E-state index is 12.1. The molecule has 0 aliphatic heterocycles. The SMILES string of the molecule is CO[C@]1(C(N)=O)CC[C@@H](C(C)(C)C)C[C@@H]1Sc1ccccc1. The Labute approximate surface area is 138 Å². The molecule has 1 fully saturated rings. The first kappa shape index (κ1) is 17.4. The van der Waals surface area contributed by atoms with Crippen molar-refractivity contribution in [3.8, 4) is 0 Å². The highest BCUT2D eigenvalue weighted by atomic mass is 32.2. The van der Waals surface area contributed by atoms with Gasteiger partial charge >= 0.3 is 0 Å². The van der Waals surface area contributed by atoms with Crippen LogP contribution in [0.2, 0.25) is 0 Å². The standard InChI is InChI=1S/C18H27NO2S/c1-17(2,3)13-10-11-18(21-4,16(19)20)15(12-13)22-14-8-6-5-7-9-14/h5-9,13,15H,10-12H2,1-4H3,(H2,19,20)/t13-,15+,18-/m1/s1. The molecule has 3 atom stereocenters. The maximum atomic E-state index is 12.1. The van der Waals surface area contributed by atoms with Gasteiger partial charge in [0.25, 0.3) is 5.91 Å². The molecule has 0 radical (unpaired) electrons. The van der Waals surface area contributed by atoms with Crippen LogP contribution in [0.15, 0.2) is 35.2 Å². The van der Waals surface area contributed by atoms with Gasteiger partial charge in [-0.3, -0.25) is 4.79 Å². The number of nitrogens with two attached hydrogens (primary N) is 1. The van der Waals surface area contributed by atoms with E-state index in [1.807, 2.05) is 18.2 Å². The molecule has 0 spiro atoms. The number of hydrogen-bond donors (Lipinski definition) is 1.